The molecular formula is C11H17N3. The van der Waals surface area contributed by atoms with Crippen molar-refractivity contribution in [2.75, 3.05) is 25.1 Å². The van der Waals surface area contributed by atoms with Gasteiger partial charge >= 0.3 is 0 Å². The Morgan fingerprint density at radius 3 is 2.71 bits per heavy atom. The minimum Gasteiger partial charge on any atom is -0.397 e. The van der Waals surface area contributed by atoms with Gasteiger partial charge < -0.3 is 16.8 Å². The molecule has 0 aromatic heterocycles. The van der Waals surface area contributed by atoms with Crippen molar-refractivity contribution in [3.05, 3.63) is 29.8 Å². The summed E-state index contributed by atoms with van der Waals surface area (Å²) in [6.45, 7) is 0.987. The first-order valence-corrected chi connectivity index (χ1v) is 4.70. The average molecular weight is 191 g/mol. The van der Waals surface area contributed by atoms with E-state index in [4.69, 9.17) is 11.5 Å². The molecule has 0 amide bonds. The molecular weight excluding hydrogens is 174 g/mol. The van der Waals surface area contributed by atoms with Crippen LogP contribution in [0.2, 0.25) is 0 Å². The number of nitrogen functional groups attached to an aromatic ring is 2. The van der Waals surface area contributed by atoms with Gasteiger partial charge in [-0.2, -0.15) is 0 Å². The molecule has 5 N–H and O–H groups in total. The zero-order chi connectivity index (χ0) is 10.4. The third-order valence-corrected chi connectivity index (χ3v) is 1.98. The molecule has 0 aliphatic rings. The van der Waals surface area contributed by atoms with Crippen LogP contribution in [-0.4, -0.2) is 13.6 Å². The zero-order valence-corrected chi connectivity index (χ0v) is 8.46. The quantitative estimate of drug-likeness (QED) is 0.499. The van der Waals surface area contributed by atoms with Gasteiger partial charge in [-0.1, -0.05) is 18.2 Å². The fourth-order valence-corrected chi connectivity index (χ4v) is 1.14. The zero-order valence-electron chi connectivity index (χ0n) is 8.46. The SMILES string of the molecule is CNCCC=Cc1ccc(N)c(N)c1. The van der Waals surface area contributed by atoms with Crippen molar-refractivity contribution in [1.82, 2.24) is 5.32 Å². The van der Waals surface area contributed by atoms with Crippen LogP contribution in [0.25, 0.3) is 6.08 Å². The van der Waals surface area contributed by atoms with Gasteiger partial charge in [0.1, 0.15) is 0 Å². The maximum atomic E-state index is 5.68. The Hall–Kier alpha value is -1.48. The van der Waals surface area contributed by atoms with E-state index < -0.39 is 0 Å². The lowest BCUT2D eigenvalue weighted by atomic mass is 10.1. The highest BCUT2D eigenvalue weighted by Gasteiger charge is 1.93. The van der Waals surface area contributed by atoms with Crippen LogP contribution in [0.3, 0.4) is 0 Å². The molecule has 0 bridgehead atoms. The predicted octanol–water partition coefficient (Wildman–Crippen LogP) is 1.47. The number of benzene rings is 1. The standard InChI is InChI=1S/C11H17N3/c1-14-7-3-2-4-9-5-6-10(12)11(13)8-9/h2,4-6,8,14H,3,7,12-13H2,1H3. The first-order chi connectivity index (χ1) is 6.74. The monoisotopic (exact) mass is 191 g/mol. The van der Waals surface area contributed by atoms with E-state index >= 15 is 0 Å². The summed E-state index contributed by atoms with van der Waals surface area (Å²) in [5, 5.41) is 3.08. The summed E-state index contributed by atoms with van der Waals surface area (Å²) in [7, 11) is 1.94. The van der Waals surface area contributed by atoms with E-state index in [2.05, 4.69) is 11.4 Å². The minimum absolute atomic E-state index is 0.636. The van der Waals surface area contributed by atoms with Crippen molar-refractivity contribution in [2.24, 2.45) is 0 Å². The molecule has 0 aliphatic carbocycles. The van der Waals surface area contributed by atoms with Crippen molar-refractivity contribution in [2.45, 2.75) is 6.42 Å². The molecule has 0 saturated carbocycles. The maximum absolute atomic E-state index is 5.68. The molecule has 0 heterocycles. The number of rotatable bonds is 4. The van der Waals surface area contributed by atoms with Crippen LogP contribution >= 0.6 is 0 Å². The molecule has 0 unspecified atom stereocenters. The van der Waals surface area contributed by atoms with Gasteiger partial charge in [0.25, 0.3) is 0 Å². The van der Waals surface area contributed by atoms with Gasteiger partial charge in [-0.15, -0.1) is 0 Å². The second kappa shape index (κ2) is 5.29. The summed E-state index contributed by atoms with van der Waals surface area (Å²) in [5.41, 5.74) is 13.7. The maximum Gasteiger partial charge on any atom is 0.0553 e. The molecule has 0 radical (unpaired) electrons. The van der Waals surface area contributed by atoms with Gasteiger partial charge in [0.15, 0.2) is 0 Å². The van der Waals surface area contributed by atoms with E-state index in [-0.39, 0.29) is 0 Å². The minimum atomic E-state index is 0.636. The average Bonchev–Trinajstić information content (AvgIpc) is 2.18. The van der Waals surface area contributed by atoms with Crippen molar-refractivity contribution in [3.8, 4) is 0 Å². The lowest BCUT2D eigenvalue weighted by Crippen LogP contribution is -2.05. The highest BCUT2D eigenvalue weighted by Crippen LogP contribution is 2.16. The molecule has 1 aromatic carbocycles. The third-order valence-electron chi connectivity index (χ3n) is 1.98. The number of anilines is 2. The Balaban J connectivity index is 2.59. The molecule has 0 spiro atoms. The molecule has 0 aliphatic heterocycles. The fraction of sp³-hybridized carbons (Fsp3) is 0.273. The smallest absolute Gasteiger partial charge is 0.0553 e. The Kier molecular flexibility index (Phi) is 4.01. The highest BCUT2D eigenvalue weighted by molar-refractivity contribution is 5.68. The van der Waals surface area contributed by atoms with Crippen LogP contribution in [0.15, 0.2) is 24.3 Å². The summed E-state index contributed by atoms with van der Waals surface area (Å²) in [4.78, 5) is 0. The first kappa shape index (κ1) is 10.6. The fourth-order valence-electron chi connectivity index (χ4n) is 1.14. The Morgan fingerprint density at radius 2 is 2.07 bits per heavy atom. The third kappa shape index (κ3) is 3.11. The van der Waals surface area contributed by atoms with Gasteiger partial charge in [-0.05, 0) is 37.7 Å². The van der Waals surface area contributed by atoms with Crippen molar-refractivity contribution in [3.63, 3.8) is 0 Å². The van der Waals surface area contributed by atoms with Crippen molar-refractivity contribution in [1.29, 1.82) is 0 Å². The van der Waals surface area contributed by atoms with Crippen molar-refractivity contribution < 1.29 is 0 Å². The van der Waals surface area contributed by atoms with Gasteiger partial charge in [-0.25, -0.2) is 0 Å². The first-order valence-electron chi connectivity index (χ1n) is 4.70. The van der Waals surface area contributed by atoms with Crippen LogP contribution in [0.1, 0.15) is 12.0 Å². The molecule has 3 heteroatoms. The molecule has 0 saturated heterocycles. The van der Waals surface area contributed by atoms with Gasteiger partial charge in [0, 0.05) is 0 Å². The molecule has 0 fully saturated rings. The molecule has 1 rings (SSSR count). The summed E-state index contributed by atoms with van der Waals surface area (Å²) in [5.74, 6) is 0. The van der Waals surface area contributed by atoms with E-state index in [1.54, 1.807) is 0 Å². The molecule has 0 atom stereocenters. The van der Waals surface area contributed by atoms with Crippen LogP contribution in [0.5, 0.6) is 0 Å². The van der Waals surface area contributed by atoms with Gasteiger partial charge in [-0.3, -0.25) is 0 Å². The van der Waals surface area contributed by atoms with Crippen LogP contribution in [0, 0.1) is 0 Å². The van der Waals surface area contributed by atoms with E-state index in [1.807, 2.05) is 31.3 Å². The van der Waals surface area contributed by atoms with E-state index in [9.17, 15) is 0 Å². The largest absolute Gasteiger partial charge is 0.397 e. The summed E-state index contributed by atoms with van der Waals surface area (Å²) in [6.07, 6.45) is 5.18. The normalized spacial score (nSPS) is 10.9. The highest BCUT2D eigenvalue weighted by atomic mass is 14.8. The second-order valence-electron chi connectivity index (χ2n) is 3.18. The molecule has 1 aromatic rings. The molecule has 14 heavy (non-hydrogen) atoms. The van der Waals surface area contributed by atoms with Crippen LogP contribution < -0.4 is 16.8 Å². The Morgan fingerprint density at radius 1 is 1.29 bits per heavy atom. The number of nitrogens with two attached hydrogens (primary N) is 2. The number of hydrogen-bond donors (Lipinski definition) is 3. The second-order valence-corrected chi connectivity index (χ2v) is 3.18. The number of hydrogen-bond acceptors (Lipinski definition) is 3. The summed E-state index contributed by atoms with van der Waals surface area (Å²) < 4.78 is 0. The topological polar surface area (TPSA) is 64.1 Å². The van der Waals surface area contributed by atoms with E-state index in [1.165, 1.54) is 0 Å². The summed E-state index contributed by atoms with van der Waals surface area (Å²) >= 11 is 0. The molecule has 3 nitrogen and oxygen atoms in total. The predicted molar refractivity (Wildman–Crippen MR) is 62.8 cm³/mol. The van der Waals surface area contributed by atoms with Crippen LogP contribution in [0.4, 0.5) is 11.4 Å². The number of nitrogens with one attached hydrogen (secondary N) is 1. The Bertz CT molecular complexity index is 318. The summed E-state index contributed by atoms with van der Waals surface area (Å²) in [6, 6.07) is 5.67. The van der Waals surface area contributed by atoms with E-state index in [0.717, 1.165) is 18.5 Å². The Labute approximate surface area is 84.8 Å². The van der Waals surface area contributed by atoms with Crippen LogP contribution in [-0.2, 0) is 0 Å². The lowest BCUT2D eigenvalue weighted by Gasteiger charge is -2.00. The lowest BCUT2D eigenvalue weighted by molar-refractivity contribution is 0.809. The van der Waals surface area contributed by atoms with Gasteiger partial charge in [0.05, 0.1) is 11.4 Å². The van der Waals surface area contributed by atoms with Crippen molar-refractivity contribution >= 4 is 17.5 Å². The molecule has 76 valence electrons. The van der Waals surface area contributed by atoms with Gasteiger partial charge in [0.2, 0.25) is 0 Å². The van der Waals surface area contributed by atoms with E-state index in [0.29, 0.717) is 11.4 Å².